The van der Waals surface area contributed by atoms with Crippen molar-refractivity contribution in [1.29, 1.82) is 0 Å². The van der Waals surface area contributed by atoms with Gasteiger partial charge in [-0.05, 0) is 85.6 Å². The van der Waals surface area contributed by atoms with Crippen molar-refractivity contribution in [3.8, 4) is 0 Å². The Kier molecular flexibility index (Phi) is 4.14. The summed E-state index contributed by atoms with van der Waals surface area (Å²) in [5.74, 6) is 1.83. The Hall–Kier alpha value is -1.84. The van der Waals surface area contributed by atoms with Crippen LogP contribution in [0.25, 0.3) is 16.6 Å². The molecule has 0 spiro atoms. The summed E-state index contributed by atoms with van der Waals surface area (Å²) in [5.41, 5.74) is 4.21. The maximum absolute atomic E-state index is 10.8. The molecule has 2 fully saturated rings. The Morgan fingerprint density at radius 2 is 1.90 bits per heavy atom. The lowest BCUT2D eigenvalue weighted by Gasteiger charge is -2.58. The number of aliphatic hydroxyl groups excluding tert-OH is 2. The van der Waals surface area contributed by atoms with E-state index in [4.69, 9.17) is 0 Å². The van der Waals surface area contributed by atoms with Gasteiger partial charge in [0.25, 0.3) is 0 Å². The van der Waals surface area contributed by atoms with Crippen LogP contribution in [0.2, 0.25) is 0 Å². The number of hydrogen-bond donors (Lipinski definition) is 2. The minimum atomic E-state index is -0.150. The normalized spacial score (nSPS) is 40.4. The SMILES string of the molecule is C[C@]12CC[C@H](O)CC1=CCC1C3CC=C(n4ccc5ccccc54)[C@@]3(CO)CCC12. The van der Waals surface area contributed by atoms with E-state index >= 15 is 0 Å². The summed E-state index contributed by atoms with van der Waals surface area (Å²) in [6, 6.07) is 10.8. The fraction of sp³-hybridized carbons (Fsp3) is 0.556. The van der Waals surface area contributed by atoms with Crippen LogP contribution in [0, 0.1) is 28.6 Å². The quantitative estimate of drug-likeness (QED) is 0.661. The molecule has 0 amide bonds. The highest BCUT2D eigenvalue weighted by molar-refractivity contribution is 5.84. The average molecular weight is 404 g/mol. The smallest absolute Gasteiger partial charge is 0.0577 e. The van der Waals surface area contributed by atoms with Crippen molar-refractivity contribution in [3.63, 3.8) is 0 Å². The fourth-order valence-electron chi connectivity index (χ4n) is 7.93. The molecule has 0 radical (unpaired) electrons. The second-order valence-electron chi connectivity index (χ2n) is 10.6. The van der Waals surface area contributed by atoms with Crippen molar-refractivity contribution in [1.82, 2.24) is 4.57 Å². The topological polar surface area (TPSA) is 45.4 Å². The zero-order valence-corrected chi connectivity index (χ0v) is 17.9. The molecule has 2 aromatic rings. The Bertz CT molecular complexity index is 1050. The Labute approximate surface area is 179 Å². The van der Waals surface area contributed by atoms with Gasteiger partial charge in [0.1, 0.15) is 0 Å². The molecule has 1 aromatic carbocycles. The summed E-state index contributed by atoms with van der Waals surface area (Å²) >= 11 is 0. The molecule has 1 aromatic heterocycles. The maximum atomic E-state index is 10.8. The van der Waals surface area contributed by atoms with Crippen LogP contribution >= 0.6 is 0 Å². The first-order valence-corrected chi connectivity index (χ1v) is 11.8. The zero-order valence-electron chi connectivity index (χ0n) is 17.9. The summed E-state index contributed by atoms with van der Waals surface area (Å²) in [7, 11) is 0. The lowest BCUT2D eigenvalue weighted by atomic mass is 9.47. The molecule has 4 aliphatic rings. The predicted molar refractivity (Wildman–Crippen MR) is 121 cm³/mol. The van der Waals surface area contributed by atoms with Crippen LogP contribution in [0.1, 0.15) is 51.9 Å². The minimum absolute atomic E-state index is 0.126. The second-order valence-corrected chi connectivity index (χ2v) is 10.6. The molecule has 0 saturated heterocycles. The fourth-order valence-corrected chi connectivity index (χ4v) is 7.93. The van der Waals surface area contributed by atoms with Crippen molar-refractivity contribution in [2.75, 3.05) is 6.61 Å². The highest BCUT2D eigenvalue weighted by atomic mass is 16.3. The molecule has 2 saturated carbocycles. The molecule has 3 nitrogen and oxygen atoms in total. The molecule has 0 aliphatic heterocycles. The molecule has 3 unspecified atom stereocenters. The Morgan fingerprint density at radius 3 is 2.77 bits per heavy atom. The molecule has 30 heavy (non-hydrogen) atoms. The third kappa shape index (κ3) is 2.39. The van der Waals surface area contributed by atoms with Crippen molar-refractivity contribution in [3.05, 3.63) is 54.3 Å². The molecule has 1 heterocycles. The summed E-state index contributed by atoms with van der Waals surface area (Å²) in [6.07, 6.45) is 14.3. The van der Waals surface area contributed by atoms with E-state index in [1.807, 2.05) is 0 Å². The highest BCUT2D eigenvalue weighted by Gasteiger charge is 2.58. The lowest BCUT2D eigenvalue weighted by Crippen LogP contribution is -2.51. The summed E-state index contributed by atoms with van der Waals surface area (Å²) in [4.78, 5) is 0. The molecule has 4 aliphatic carbocycles. The van der Waals surface area contributed by atoms with Gasteiger partial charge in [0, 0.05) is 17.3 Å². The first-order valence-electron chi connectivity index (χ1n) is 11.8. The van der Waals surface area contributed by atoms with Gasteiger partial charge in [-0.15, -0.1) is 0 Å². The number of fused-ring (bicyclic) bond motifs is 6. The summed E-state index contributed by atoms with van der Waals surface area (Å²) < 4.78 is 2.36. The molecular formula is C27H33NO2. The first kappa shape index (κ1) is 18.9. The zero-order chi connectivity index (χ0) is 20.5. The molecule has 6 rings (SSSR count). The number of para-hydroxylation sites is 1. The van der Waals surface area contributed by atoms with Gasteiger partial charge in [-0.3, -0.25) is 0 Å². The van der Waals surface area contributed by atoms with E-state index in [-0.39, 0.29) is 23.5 Å². The van der Waals surface area contributed by atoms with E-state index in [1.165, 1.54) is 28.6 Å². The highest BCUT2D eigenvalue weighted by Crippen LogP contribution is 2.65. The van der Waals surface area contributed by atoms with Crippen molar-refractivity contribution in [2.45, 2.75) is 58.0 Å². The number of aliphatic hydroxyl groups is 2. The van der Waals surface area contributed by atoms with Gasteiger partial charge in [-0.1, -0.05) is 42.8 Å². The second kappa shape index (κ2) is 6.58. The van der Waals surface area contributed by atoms with E-state index in [9.17, 15) is 10.2 Å². The number of rotatable bonds is 2. The van der Waals surface area contributed by atoms with Crippen LogP contribution < -0.4 is 0 Å². The third-order valence-corrected chi connectivity index (χ3v) is 9.50. The summed E-state index contributed by atoms with van der Waals surface area (Å²) in [6.45, 7) is 2.71. The lowest BCUT2D eigenvalue weighted by molar-refractivity contribution is -0.0475. The maximum Gasteiger partial charge on any atom is 0.0577 e. The van der Waals surface area contributed by atoms with Crippen LogP contribution in [-0.4, -0.2) is 27.5 Å². The van der Waals surface area contributed by atoms with E-state index in [0.29, 0.717) is 17.8 Å². The van der Waals surface area contributed by atoms with E-state index < -0.39 is 0 Å². The first-order chi connectivity index (χ1) is 14.6. The van der Waals surface area contributed by atoms with Gasteiger partial charge in [0.05, 0.1) is 18.2 Å². The van der Waals surface area contributed by atoms with Gasteiger partial charge in [-0.2, -0.15) is 0 Å². The van der Waals surface area contributed by atoms with Gasteiger partial charge in [0.15, 0.2) is 0 Å². The van der Waals surface area contributed by atoms with Crippen LogP contribution in [0.3, 0.4) is 0 Å². The third-order valence-electron chi connectivity index (χ3n) is 9.50. The van der Waals surface area contributed by atoms with E-state index in [1.54, 1.807) is 0 Å². The van der Waals surface area contributed by atoms with Crippen molar-refractivity contribution >= 4 is 16.6 Å². The Balaban J connectivity index is 1.39. The predicted octanol–water partition coefficient (Wildman–Crippen LogP) is 5.39. The van der Waals surface area contributed by atoms with E-state index in [2.05, 4.69) is 60.2 Å². The molecular weight excluding hydrogens is 370 g/mol. The van der Waals surface area contributed by atoms with E-state index in [0.717, 1.165) is 38.5 Å². The average Bonchev–Trinajstić information content (AvgIpc) is 3.35. The molecule has 2 N–H and O–H groups in total. The standard InChI is InChI=1S/C27H33NO2/c1-26-13-10-20(30)16-19(26)6-7-21-22(26)11-14-27(17-29)23(21)8-9-25(27)28-15-12-18-4-2-3-5-24(18)28/h2-6,9,12,15,20-23,29-30H,7-8,10-11,13-14,16-17H2,1H3/t20-,21?,22?,23?,26-,27+/m0/s1. The molecule has 3 heteroatoms. The number of hydrogen-bond acceptors (Lipinski definition) is 2. The monoisotopic (exact) mass is 403 g/mol. The van der Waals surface area contributed by atoms with Crippen LogP contribution in [0.5, 0.6) is 0 Å². The number of allylic oxidation sites excluding steroid dienone is 2. The number of benzene rings is 1. The number of nitrogens with zero attached hydrogens (tertiary/aromatic N) is 1. The van der Waals surface area contributed by atoms with Crippen molar-refractivity contribution in [2.24, 2.45) is 28.6 Å². The molecule has 158 valence electrons. The van der Waals surface area contributed by atoms with Crippen LogP contribution in [-0.2, 0) is 0 Å². The summed E-state index contributed by atoms with van der Waals surface area (Å²) in [5, 5.41) is 22.3. The van der Waals surface area contributed by atoms with Crippen LogP contribution in [0.4, 0.5) is 0 Å². The molecule has 0 bridgehead atoms. The van der Waals surface area contributed by atoms with Gasteiger partial charge in [-0.25, -0.2) is 0 Å². The minimum Gasteiger partial charge on any atom is -0.395 e. The van der Waals surface area contributed by atoms with Gasteiger partial charge >= 0.3 is 0 Å². The Morgan fingerprint density at radius 1 is 1.03 bits per heavy atom. The molecule has 6 atom stereocenters. The van der Waals surface area contributed by atoms with Crippen molar-refractivity contribution < 1.29 is 10.2 Å². The van der Waals surface area contributed by atoms with Gasteiger partial charge in [0.2, 0.25) is 0 Å². The van der Waals surface area contributed by atoms with Crippen LogP contribution in [0.15, 0.2) is 54.3 Å². The largest absolute Gasteiger partial charge is 0.395 e. The van der Waals surface area contributed by atoms with Gasteiger partial charge < -0.3 is 14.8 Å². The number of aromatic nitrogens is 1.